The van der Waals surface area contributed by atoms with Crippen LogP contribution in [0.3, 0.4) is 0 Å². The highest BCUT2D eigenvalue weighted by molar-refractivity contribution is 9.10. The zero-order valence-electron chi connectivity index (χ0n) is 22.5. The Morgan fingerprint density at radius 3 is 2.54 bits per heavy atom. The summed E-state index contributed by atoms with van der Waals surface area (Å²) in [6.07, 6.45) is 2.09. The Kier molecular flexibility index (Phi) is 7.31. The molecule has 0 N–H and O–H groups in total. The van der Waals surface area contributed by atoms with Gasteiger partial charge in [0.1, 0.15) is 24.0 Å². The molecule has 0 radical (unpaired) electrons. The molecule has 9 heteroatoms. The van der Waals surface area contributed by atoms with Gasteiger partial charge in [0.2, 0.25) is 0 Å². The fourth-order valence-corrected chi connectivity index (χ4v) is 5.91. The number of likely N-dealkylation sites (tertiary alicyclic amines) is 1. The Labute approximate surface area is 236 Å². The van der Waals surface area contributed by atoms with E-state index in [0.717, 1.165) is 35.1 Å². The molecule has 206 valence electrons. The number of aryl methyl sites for hydroxylation is 1. The van der Waals surface area contributed by atoms with Crippen molar-refractivity contribution in [2.75, 3.05) is 6.61 Å². The predicted molar refractivity (Wildman–Crippen MR) is 147 cm³/mol. The molecule has 0 spiro atoms. The molecule has 2 aliphatic heterocycles. The summed E-state index contributed by atoms with van der Waals surface area (Å²) >= 11 is 3.45. The standard InChI is InChI=1S/C30H32BrNO7/c1-16-5-10-24(32(16)29(36)39-30(2,3)4)28(35)38-15-25(33)18-6-8-20-19(11-18)14-37-26-13-21-17(12-22(20)26)7-9-23(31)27(21)34/h6,8,11-13,16,23-24H,5,7,9-10,14-15H2,1-4H3/t16-,23?,24-/m0/s1. The summed E-state index contributed by atoms with van der Waals surface area (Å²) in [6.45, 7) is 7.01. The van der Waals surface area contributed by atoms with Crippen molar-refractivity contribution >= 4 is 39.6 Å². The van der Waals surface area contributed by atoms with Crippen LogP contribution in [0.5, 0.6) is 5.75 Å². The number of nitrogens with zero attached hydrogens (tertiary/aromatic N) is 1. The van der Waals surface area contributed by atoms with Crippen LogP contribution in [0.4, 0.5) is 4.79 Å². The number of carbonyl (C=O) groups excluding carboxylic acids is 4. The molecule has 3 atom stereocenters. The molecule has 1 unspecified atom stereocenters. The quantitative estimate of drug-likeness (QED) is 0.255. The highest BCUT2D eigenvalue weighted by atomic mass is 79.9. The molecule has 1 amide bonds. The van der Waals surface area contributed by atoms with Crippen LogP contribution >= 0.6 is 15.9 Å². The first-order chi connectivity index (χ1) is 18.4. The topological polar surface area (TPSA) is 99.2 Å². The third kappa shape index (κ3) is 5.46. The smallest absolute Gasteiger partial charge is 0.411 e. The van der Waals surface area contributed by atoms with E-state index in [9.17, 15) is 19.2 Å². The third-order valence-electron chi connectivity index (χ3n) is 7.41. The normalized spacial score (nSPS) is 21.8. The minimum absolute atomic E-state index is 0.0743. The zero-order valence-corrected chi connectivity index (χ0v) is 24.1. The van der Waals surface area contributed by atoms with Gasteiger partial charge in [-0.15, -0.1) is 0 Å². The number of carbonyl (C=O) groups is 4. The van der Waals surface area contributed by atoms with Crippen LogP contribution in [0.25, 0.3) is 11.1 Å². The second-order valence-electron chi connectivity index (χ2n) is 11.4. The first-order valence-electron chi connectivity index (χ1n) is 13.3. The van der Waals surface area contributed by atoms with E-state index in [1.54, 1.807) is 32.9 Å². The average Bonchev–Trinajstić information content (AvgIpc) is 3.28. The van der Waals surface area contributed by atoms with Gasteiger partial charge < -0.3 is 14.2 Å². The third-order valence-corrected chi connectivity index (χ3v) is 8.29. The summed E-state index contributed by atoms with van der Waals surface area (Å²) in [4.78, 5) is 52.3. The molecule has 8 nitrogen and oxygen atoms in total. The lowest BCUT2D eigenvalue weighted by Gasteiger charge is -2.30. The number of halogens is 1. The number of amides is 1. The molecule has 2 heterocycles. The number of ketones is 2. The Morgan fingerprint density at radius 2 is 1.79 bits per heavy atom. The van der Waals surface area contributed by atoms with E-state index < -0.39 is 30.3 Å². The maximum atomic E-state index is 13.0. The number of alkyl halides is 1. The predicted octanol–water partition coefficient (Wildman–Crippen LogP) is 5.65. The summed E-state index contributed by atoms with van der Waals surface area (Å²) in [5, 5.41) is 0. The van der Waals surface area contributed by atoms with Crippen molar-refractivity contribution in [1.29, 1.82) is 0 Å². The Bertz CT molecular complexity index is 1360. The molecule has 0 bridgehead atoms. The number of benzene rings is 2. The minimum Gasteiger partial charge on any atom is -0.488 e. The van der Waals surface area contributed by atoms with Crippen LogP contribution in [-0.2, 0) is 27.3 Å². The first-order valence-corrected chi connectivity index (χ1v) is 14.2. The van der Waals surface area contributed by atoms with Crippen molar-refractivity contribution in [2.24, 2.45) is 0 Å². The molecular formula is C30H32BrNO7. The lowest BCUT2D eigenvalue weighted by molar-refractivity contribution is -0.148. The van der Waals surface area contributed by atoms with Crippen LogP contribution in [0.1, 0.15) is 78.8 Å². The van der Waals surface area contributed by atoms with Crippen LogP contribution in [0.15, 0.2) is 30.3 Å². The van der Waals surface area contributed by atoms with E-state index in [-0.39, 0.29) is 29.0 Å². The summed E-state index contributed by atoms with van der Waals surface area (Å²) in [5.41, 5.74) is 4.12. The van der Waals surface area contributed by atoms with Gasteiger partial charge in [-0.3, -0.25) is 14.5 Å². The van der Waals surface area contributed by atoms with Crippen LogP contribution in [0.2, 0.25) is 0 Å². The summed E-state index contributed by atoms with van der Waals surface area (Å²) in [6, 6.07) is 8.24. The van der Waals surface area contributed by atoms with Crippen molar-refractivity contribution in [3.05, 3.63) is 52.6 Å². The lowest BCUT2D eigenvalue weighted by Crippen LogP contribution is -2.47. The van der Waals surface area contributed by atoms with Gasteiger partial charge in [0.25, 0.3) is 0 Å². The Balaban J connectivity index is 1.27. The van der Waals surface area contributed by atoms with Gasteiger partial charge in [0, 0.05) is 22.7 Å². The fourth-order valence-electron chi connectivity index (χ4n) is 5.43. The van der Waals surface area contributed by atoms with E-state index in [1.165, 1.54) is 4.90 Å². The molecule has 2 aromatic rings. The number of hydrogen-bond acceptors (Lipinski definition) is 7. The molecule has 0 aromatic heterocycles. The number of esters is 1. The number of fused-ring (bicyclic) bond motifs is 4. The van der Waals surface area contributed by atoms with E-state index >= 15 is 0 Å². The maximum Gasteiger partial charge on any atom is 0.411 e. The van der Waals surface area contributed by atoms with Crippen LogP contribution in [0, 0.1) is 0 Å². The first kappa shape index (κ1) is 27.4. The largest absolute Gasteiger partial charge is 0.488 e. The van der Waals surface area contributed by atoms with E-state index in [4.69, 9.17) is 14.2 Å². The SMILES string of the molecule is C[C@H]1CC[C@@H](C(=O)OCC(=O)c2ccc3c(c2)COc2cc4c(cc2-3)CCC(Br)C4=O)N1C(=O)OC(C)(C)C. The van der Waals surface area contributed by atoms with Crippen molar-refractivity contribution < 1.29 is 33.4 Å². The van der Waals surface area contributed by atoms with Gasteiger partial charge >= 0.3 is 12.1 Å². The summed E-state index contributed by atoms with van der Waals surface area (Å²) in [5.74, 6) is -0.222. The van der Waals surface area contributed by atoms with Gasteiger partial charge in [0.15, 0.2) is 18.2 Å². The van der Waals surface area contributed by atoms with Crippen molar-refractivity contribution in [3.8, 4) is 16.9 Å². The van der Waals surface area contributed by atoms with Crippen LogP contribution in [-0.4, -0.2) is 57.6 Å². The molecule has 1 aliphatic carbocycles. The second-order valence-corrected chi connectivity index (χ2v) is 12.5. The van der Waals surface area contributed by atoms with E-state index in [2.05, 4.69) is 15.9 Å². The van der Waals surface area contributed by atoms with Gasteiger partial charge in [-0.2, -0.15) is 0 Å². The molecule has 39 heavy (non-hydrogen) atoms. The van der Waals surface area contributed by atoms with Crippen LogP contribution < -0.4 is 4.74 Å². The lowest BCUT2D eigenvalue weighted by atomic mass is 9.85. The number of ether oxygens (including phenoxy) is 3. The van der Waals surface area contributed by atoms with Gasteiger partial charge in [-0.25, -0.2) is 9.59 Å². The number of Topliss-reactive ketones (excluding diaryl/α,β-unsaturated/α-hetero) is 2. The maximum absolute atomic E-state index is 13.0. The van der Waals surface area contributed by atoms with E-state index in [0.29, 0.717) is 29.7 Å². The number of hydrogen-bond donors (Lipinski definition) is 0. The molecule has 5 rings (SSSR count). The summed E-state index contributed by atoms with van der Waals surface area (Å²) in [7, 11) is 0. The zero-order chi connectivity index (χ0) is 28.1. The molecule has 3 aliphatic rings. The van der Waals surface area contributed by atoms with E-state index in [1.807, 2.05) is 25.1 Å². The Morgan fingerprint density at radius 1 is 1.03 bits per heavy atom. The second kappa shape index (κ2) is 10.4. The highest BCUT2D eigenvalue weighted by Gasteiger charge is 2.42. The van der Waals surface area contributed by atoms with Gasteiger partial charge in [0.05, 0.1) is 4.83 Å². The molecule has 0 saturated carbocycles. The minimum atomic E-state index is -0.784. The monoisotopic (exact) mass is 597 g/mol. The van der Waals surface area contributed by atoms with Crippen molar-refractivity contribution in [3.63, 3.8) is 0 Å². The molecular weight excluding hydrogens is 566 g/mol. The van der Waals surface area contributed by atoms with Gasteiger partial charge in [-0.05, 0) is 88.3 Å². The van der Waals surface area contributed by atoms with Crippen molar-refractivity contribution in [1.82, 2.24) is 4.90 Å². The average molecular weight is 598 g/mol. The van der Waals surface area contributed by atoms with Gasteiger partial charge in [-0.1, -0.05) is 28.1 Å². The molecule has 1 saturated heterocycles. The van der Waals surface area contributed by atoms with Crippen molar-refractivity contribution in [2.45, 2.75) is 82.5 Å². The summed E-state index contributed by atoms with van der Waals surface area (Å²) < 4.78 is 16.8. The fraction of sp³-hybridized carbons (Fsp3) is 0.467. The number of rotatable bonds is 4. The molecule has 1 fully saturated rings. The Hall–Kier alpha value is -3.20. The molecule has 2 aromatic carbocycles. The highest BCUT2D eigenvalue weighted by Crippen LogP contribution is 2.41.